The number of anilines is 2. The van der Waals surface area contributed by atoms with Crippen molar-refractivity contribution in [2.24, 2.45) is 0 Å². The average molecular weight is 457 g/mol. The van der Waals surface area contributed by atoms with E-state index in [9.17, 15) is 9.59 Å². The van der Waals surface area contributed by atoms with Crippen molar-refractivity contribution in [3.8, 4) is 0 Å². The van der Waals surface area contributed by atoms with Crippen molar-refractivity contribution in [3.05, 3.63) is 75.6 Å². The number of halogens is 1. The lowest BCUT2D eigenvalue weighted by Gasteiger charge is -2.13. The molecule has 0 atom stereocenters. The Balaban J connectivity index is 1.50. The zero-order valence-electron chi connectivity index (χ0n) is 16.2. The molecule has 0 bridgehead atoms. The maximum atomic E-state index is 13.1. The second kappa shape index (κ2) is 9.69. The summed E-state index contributed by atoms with van der Waals surface area (Å²) >= 11 is 8.89. The van der Waals surface area contributed by atoms with Gasteiger partial charge in [-0.2, -0.15) is 0 Å². The predicted octanol–water partition coefficient (Wildman–Crippen LogP) is 6.26. The van der Waals surface area contributed by atoms with E-state index in [0.29, 0.717) is 15.6 Å². The summed E-state index contributed by atoms with van der Waals surface area (Å²) in [5, 5.41) is 7.28. The Kier molecular flexibility index (Phi) is 6.77. The first-order valence-corrected chi connectivity index (χ1v) is 12.0. The van der Waals surface area contributed by atoms with Gasteiger partial charge in [-0.1, -0.05) is 29.8 Å². The van der Waals surface area contributed by atoms with E-state index < -0.39 is 0 Å². The number of carbonyl (C=O) groups excluding carboxylic acids is 2. The molecule has 2 N–H and O–H groups in total. The Morgan fingerprint density at radius 1 is 0.967 bits per heavy atom. The molecule has 1 aliphatic rings. The summed E-state index contributed by atoms with van der Waals surface area (Å²) in [6, 6.07) is 16.8. The number of para-hydroxylation sites is 1. The molecule has 4 rings (SSSR count). The van der Waals surface area contributed by atoms with Crippen LogP contribution in [-0.2, 0) is 17.6 Å². The van der Waals surface area contributed by atoms with Gasteiger partial charge in [-0.15, -0.1) is 23.1 Å². The van der Waals surface area contributed by atoms with Crippen molar-refractivity contribution in [2.75, 3.05) is 16.4 Å². The van der Waals surface area contributed by atoms with Crippen molar-refractivity contribution in [1.82, 2.24) is 0 Å². The highest BCUT2D eigenvalue weighted by atomic mass is 35.5. The van der Waals surface area contributed by atoms with Crippen LogP contribution in [0.15, 0.2) is 59.5 Å². The van der Waals surface area contributed by atoms with Crippen molar-refractivity contribution < 1.29 is 9.59 Å². The van der Waals surface area contributed by atoms with Crippen molar-refractivity contribution in [2.45, 2.75) is 30.6 Å². The molecule has 7 heteroatoms. The third-order valence-corrected chi connectivity index (χ3v) is 7.34. The second-order valence-corrected chi connectivity index (χ2v) is 9.62. The van der Waals surface area contributed by atoms with Gasteiger partial charge in [0.05, 0.1) is 11.3 Å². The van der Waals surface area contributed by atoms with Crippen LogP contribution >= 0.6 is 34.7 Å². The highest BCUT2D eigenvalue weighted by Crippen LogP contribution is 2.38. The topological polar surface area (TPSA) is 58.2 Å². The number of thioether (sulfide) groups is 1. The van der Waals surface area contributed by atoms with Crippen molar-refractivity contribution in [3.63, 3.8) is 0 Å². The summed E-state index contributed by atoms with van der Waals surface area (Å²) in [6.45, 7) is 0. The van der Waals surface area contributed by atoms with Crippen LogP contribution in [0.5, 0.6) is 0 Å². The molecule has 4 nitrogen and oxygen atoms in total. The summed E-state index contributed by atoms with van der Waals surface area (Å²) in [5.74, 6) is -0.0206. The monoisotopic (exact) mass is 456 g/mol. The number of hydrogen-bond acceptors (Lipinski definition) is 4. The average Bonchev–Trinajstić information content (AvgIpc) is 3.12. The van der Waals surface area contributed by atoms with Gasteiger partial charge in [-0.3, -0.25) is 9.59 Å². The van der Waals surface area contributed by atoms with Gasteiger partial charge in [0.1, 0.15) is 5.00 Å². The number of rotatable bonds is 6. The number of benzene rings is 2. The van der Waals surface area contributed by atoms with Gasteiger partial charge >= 0.3 is 0 Å². The third-order valence-electron chi connectivity index (χ3n) is 4.87. The Bertz CT molecular complexity index is 1050. The summed E-state index contributed by atoms with van der Waals surface area (Å²) < 4.78 is 0. The molecule has 1 heterocycles. The van der Waals surface area contributed by atoms with Gasteiger partial charge in [0, 0.05) is 20.5 Å². The molecular formula is C23H21ClN2O2S2. The van der Waals surface area contributed by atoms with Crippen LogP contribution in [0.25, 0.3) is 0 Å². The summed E-state index contributed by atoms with van der Waals surface area (Å²) in [5.41, 5.74) is 2.44. The molecule has 0 fully saturated rings. The largest absolute Gasteiger partial charge is 0.322 e. The summed E-state index contributed by atoms with van der Waals surface area (Å²) in [4.78, 5) is 27.9. The Labute approximate surface area is 189 Å². The van der Waals surface area contributed by atoms with E-state index in [4.69, 9.17) is 11.6 Å². The van der Waals surface area contributed by atoms with Crippen LogP contribution in [0, 0.1) is 0 Å². The van der Waals surface area contributed by atoms with Gasteiger partial charge in [0.2, 0.25) is 5.91 Å². The van der Waals surface area contributed by atoms with Crippen LogP contribution in [0.3, 0.4) is 0 Å². The van der Waals surface area contributed by atoms with Crippen LogP contribution in [0.2, 0.25) is 5.02 Å². The van der Waals surface area contributed by atoms with Crippen molar-refractivity contribution >= 4 is 57.2 Å². The highest BCUT2D eigenvalue weighted by Gasteiger charge is 2.26. The van der Waals surface area contributed by atoms with Gasteiger partial charge in [0.25, 0.3) is 5.91 Å². The predicted molar refractivity (Wildman–Crippen MR) is 126 cm³/mol. The quantitative estimate of drug-likeness (QED) is 0.430. The van der Waals surface area contributed by atoms with E-state index >= 15 is 0 Å². The summed E-state index contributed by atoms with van der Waals surface area (Å²) in [6.07, 6.45) is 4.02. The van der Waals surface area contributed by atoms with Crippen LogP contribution in [0.4, 0.5) is 10.7 Å². The molecule has 2 amide bonds. The fourth-order valence-corrected chi connectivity index (χ4v) is 5.58. The van der Waals surface area contributed by atoms with E-state index in [-0.39, 0.29) is 17.6 Å². The number of nitrogens with one attached hydrogen (secondary N) is 2. The fourth-order valence-electron chi connectivity index (χ4n) is 3.45. The number of amides is 2. The van der Waals surface area contributed by atoms with Gasteiger partial charge in [-0.05, 0) is 67.6 Å². The SMILES string of the molecule is O=C(CSc1ccc(Cl)cc1)Nc1sc2c(c1C(=O)Nc1ccccc1)CCCC2. The first-order chi connectivity index (χ1) is 14.6. The van der Waals surface area contributed by atoms with E-state index in [0.717, 1.165) is 41.8 Å². The summed E-state index contributed by atoms with van der Waals surface area (Å²) in [7, 11) is 0. The smallest absolute Gasteiger partial charge is 0.258 e. The van der Waals surface area contributed by atoms with E-state index in [1.807, 2.05) is 42.5 Å². The molecule has 154 valence electrons. The Hall–Kier alpha value is -2.28. The number of thiophene rings is 1. The second-order valence-electron chi connectivity index (χ2n) is 7.03. The minimum absolute atomic E-state index is 0.123. The zero-order valence-corrected chi connectivity index (χ0v) is 18.6. The molecule has 0 unspecified atom stereocenters. The van der Waals surface area contributed by atoms with Crippen molar-refractivity contribution in [1.29, 1.82) is 0 Å². The van der Waals surface area contributed by atoms with Gasteiger partial charge in [-0.25, -0.2) is 0 Å². The molecule has 0 saturated carbocycles. The van der Waals surface area contributed by atoms with Gasteiger partial charge < -0.3 is 10.6 Å². The van der Waals surface area contributed by atoms with Gasteiger partial charge in [0.15, 0.2) is 0 Å². The number of fused-ring (bicyclic) bond motifs is 1. The maximum Gasteiger partial charge on any atom is 0.258 e. The minimum Gasteiger partial charge on any atom is -0.322 e. The zero-order chi connectivity index (χ0) is 20.9. The molecule has 0 radical (unpaired) electrons. The Morgan fingerprint density at radius 3 is 2.47 bits per heavy atom. The Morgan fingerprint density at radius 2 is 1.70 bits per heavy atom. The van der Waals surface area contributed by atoms with E-state index in [1.54, 1.807) is 12.1 Å². The molecule has 0 aliphatic heterocycles. The third kappa shape index (κ3) is 5.06. The molecule has 3 aromatic rings. The standard InChI is InChI=1S/C23H21ClN2O2S2/c24-15-10-12-17(13-11-15)29-14-20(27)26-23-21(18-8-4-5-9-19(18)30-23)22(28)25-16-6-2-1-3-7-16/h1-3,6-7,10-13H,4-5,8-9,14H2,(H,25,28)(H,26,27). The molecule has 1 aromatic heterocycles. The number of carbonyl (C=O) groups is 2. The molecule has 1 aliphatic carbocycles. The van der Waals surface area contributed by atoms with Crippen LogP contribution in [0.1, 0.15) is 33.6 Å². The first-order valence-electron chi connectivity index (χ1n) is 9.79. The molecule has 30 heavy (non-hydrogen) atoms. The van der Waals surface area contributed by atoms with Crippen LogP contribution in [-0.4, -0.2) is 17.6 Å². The molecule has 0 spiro atoms. The molecule has 0 saturated heterocycles. The van der Waals surface area contributed by atoms with E-state index in [1.165, 1.54) is 28.0 Å². The van der Waals surface area contributed by atoms with Crippen LogP contribution < -0.4 is 10.6 Å². The number of hydrogen-bond donors (Lipinski definition) is 2. The number of aryl methyl sites for hydroxylation is 1. The lowest BCUT2D eigenvalue weighted by Crippen LogP contribution is -2.19. The minimum atomic E-state index is -0.166. The molecule has 2 aromatic carbocycles. The maximum absolute atomic E-state index is 13.1. The fraction of sp³-hybridized carbons (Fsp3) is 0.217. The highest BCUT2D eigenvalue weighted by molar-refractivity contribution is 8.00. The van der Waals surface area contributed by atoms with E-state index in [2.05, 4.69) is 10.6 Å². The first kappa shape index (κ1) is 21.0. The molecular weight excluding hydrogens is 436 g/mol. The lowest BCUT2D eigenvalue weighted by molar-refractivity contribution is -0.113. The normalized spacial score (nSPS) is 12.8. The lowest BCUT2D eigenvalue weighted by atomic mass is 9.95.